The van der Waals surface area contributed by atoms with Crippen molar-refractivity contribution < 1.29 is 19.2 Å². The zero-order chi connectivity index (χ0) is 31.8. The number of aromatic nitrogens is 1. The lowest BCUT2D eigenvalue weighted by atomic mass is 10.00. The van der Waals surface area contributed by atoms with E-state index in [2.05, 4.69) is 41.8 Å². The average Bonchev–Trinajstić information content (AvgIpc) is 3.40. The summed E-state index contributed by atoms with van der Waals surface area (Å²) in [6, 6.07) is 29.4. The standard InChI is InChI=1S/C39H40N2O4/c1-4-6-8-12-28-16-18-29(19-17-28)38(43)30-20-23-32(24-21-30)41-36-15-11-10-13-33(36)34-26-31(22-25-37(34)41)39(44)35(14-9-7-5-2)40-45-27(3)42/h10-11,13,15-26H,4-9,12,14H2,1-3H3. The van der Waals surface area contributed by atoms with Crippen LogP contribution in [0.25, 0.3) is 27.5 Å². The van der Waals surface area contributed by atoms with Crippen LogP contribution in [0, 0.1) is 0 Å². The summed E-state index contributed by atoms with van der Waals surface area (Å²) in [7, 11) is 0. The Labute approximate surface area is 264 Å². The molecule has 0 unspecified atom stereocenters. The van der Waals surface area contributed by atoms with Gasteiger partial charge in [0.2, 0.25) is 5.78 Å². The van der Waals surface area contributed by atoms with Gasteiger partial charge in [-0.25, -0.2) is 4.79 Å². The number of oxime groups is 1. The van der Waals surface area contributed by atoms with Crippen molar-refractivity contribution in [2.75, 3.05) is 0 Å². The van der Waals surface area contributed by atoms with Crippen LogP contribution in [0.5, 0.6) is 0 Å². The second-order valence-electron chi connectivity index (χ2n) is 11.5. The number of rotatable bonds is 14. The van der Waals surface area contributed by atoms with Crippen LogP contribution in [0.3, 0.4) is 0 Å². The number of hydrogen-bond acceptors (Lipinski definition) is 5. The number of para-hydroxylation sites is 1. The van der Waals surface area contributed by atoms with E-state index in [1.165, 1.54) is 25.3 Å². The molecule has 45 heavy (non-hydrogen) atoms. The molecule has 0 aliphatic carbocycles. The minimum Gasteiger partial charge on any atom is -0.318 e. The number of fused-ring (bicyclic) bond motifs is 3. The van der Waals surface area contributed by atoms with Crippen LogP contribution in [0.1, 0.15) is 97.6 Å². The van der Waals surface area contributed by atoms with E-state index in [-0.39, 0.29) is 17.3 Å². The van der Waals surface area contributed by atoms with Gasteiger partial charge in [-0.05, 0) is 79.8 Å². The number of hydrogen-bond donors (Lipinski definition) is 0. The highest BCUT2D eigenvalue weighted by Crippen LogP contribution is 2.33. The topological polar surface area (TPSA) is 77.7 Å². The molecule has 0 bridgehead atoms. The van der Waals surface area contributed by atoms with Crippen molar-refractivity contribution in [2.45, 2.75) is 72.1 Å². The van der Waals surface area contributed by atoms with Gasteiger partial charge in [0.25, 0.3) is 0 Å². The summed E-state index contributed by atoms with van der Waals surface area (Å²) in [5, 5.41) is 5.85. The third-order valence-corrected chi connectivity index (χ3v) is 8.17. The Balaban J connectivity index is 1.45. The molecular formula is C39H40N2O4. The molecule has 0 saturated heterocycles. The highest BCUT2D eigenvalue weighted by Gasteiger charge is 2.19. The molecule has 0 aliphatic heterocycles. The van der Waals surface area contributed by atoms with Crippen molar-refractivity contribution in [1.29, 1.82) is 0 Å². The van der Waals surface area contributed by atoms with Crippen molar-refractivity contribution in [3.8, 4) is 5.69 Å². The summed E-state index contributed by atoms with van der Waals surface area (Å²) in [6.07, 6.45) is 7.78. The van der Waals surface area contributed by atoms with E-state index in [0.29, 0.717) is 23.1 Å². The molecule has 0 fully saturated rings. The number of carbonyl (C=O) groups excluding carboxylic acids is 3. The monoisotopic (exact) mass is 600 g/mol. The smallest absolute Gasteiger partial charge is 0.318 e. The first-order valence-corrected chi connectivity index (χ1v) is 16.0. The minimum absolute atomic E-state index is 0.00260. The second kappa shape index (κ2) is 14.8. The molecule has 1 aromatic heterocycles. The number of nitrogens with zero attached hydrogens (tertiary/aromatic N) is 2. The summed E-state index contributed by atoms with van der Waals surface area (Å²) in [5.41, 5.74) is 6.16. The highest BCUT2D eigenvalue weighted by atomic mass is 16.7. The molecule has 230 valence electrons. The van der Waals surface area contributed by atoms with Crippen molar-refractivity contribution in [3.63, 3.8) is 0 Å². The SMILES string of the molecule is CCCCCC(=NOC(C)=O)C(=O)c1ccc2c(c1)c1ccccc1n2-c1ccc(C(=O)c2ccc(CCCCC)cc2)cc1. The van der Waals surface area contributed by atoms with E-state index in [4.69, 9.17) is 4.84 Å². The summed E-state index contributed by atoms with van der Waals surface area (Å²) in [6.45, 7) is 5.56. The fraction of sp³-hybridized carbons (Fsp3) is 0.282. The molecule has 0 spiro atoms. The van der Waals surface area contributed by atoms with Gasteiger partial charge >= 0.3 is 5.97 Å². The Kier molecular flexibility index (Phi) is 10.4. The highest BCUT2D eigenvalue weighted by molar-refractivity contribution is 6.46. The van der Waals surface area contributed by atoms with Crippen molar-refractivity contribution in [2.24, 2.45) is 5.16 Å². The van der Waals surface area contributed by atoms with Gasteiger partial charge in [0.1, 0.15) is 5.71 Å². The van der Waals surface area contributed by atoms with E-state index < -0.39 is 5.97 Å². The largest absolute Gasteiger partial charge is 0.331 e. The first kappa shape index (κ1) is 31.6. The third-order valence-electron chi connectivity index (χ3n) is 8.17. The van der Waals surface area contributed by atoms with E-state index in [9.17, 15) is 14.4 Å². The molecule has 0 saturated carbocycles. The predicted molar refractivity (Wildman–Crippen MR) is 182 cm³/mol. The molecule has 5 rings (SSSR count). The second-order valence-corrected chi connectivity index (χ2v) is 11.5. The average molecular weight is 601 g/mol. The number of Topliss-reactive ketones (excluding diaryl/α,β-unsaturated/α-hetero) is 1. The molecular weight excluding hydrogens is 560 g/mol. The summed E-state index contributed by atoms with van der Waals surface area (Å²) < 4.78 is 2.15. The van der Waals surface area contributed by atoms with Gasteiger partial charge in [-0.15, -0.1) is 0 Å². The van der Waals surface area contributed by atoms with Gasteiger partial charge in [-0.3, -0.25) is 9.59 Å². The maximum Gasteiger partial charge on any atom is 0.331 e. The molecule has 0 aliphatic rings. The molecule has 0 amide bonds. The van der Waals surface area contributed by atoms with Crippen LogP contribution in [0.2, 0.25) is 0 Å². The fourth-order valence-electron chi connectivity index (χ4n) is 5.75. The molecule has 6 heteroatoms. The van der Waals surface area contributed by atoms with Gasteiger partial charge in [0.15, 0.2) is 5.78 Å². The van der Waals surface area contributed by atoms with Crippen LogP contribution >= 0.6 is 0 Å². The minimum atomic E-state index is -0.558. The van der Waals surface area contributed by atoms with Crippen LogP contribution in [0.4, 0.5) is 0 Å². The quantitative estimate of drug-likeness (QED) is 0.0418. The first-order valence-electron chi connectivity index (χ1n) is 16.0. The molecule has 0 atom stereocenters. The number of carbonyl (C=O) groups is 3. The van der Waals surface area contributed by atoms with Gasteiger partial charge in [0, 0.05) is 40.1 Å². The number of unbranched alkanes of at least 4 members (excludes halogenated alkanes) is 4. The number of benzene rings is 4. The zero-order valence-corrected chi connectivity index (χ0v) is 26.3. The molecule has 4 aromatic carbocycles. The maximum absolute atomic E-state index is 13.5. The van der Waals surface area contributed by atoms with Gasteiger partial charge in [0.05, 0.1) is 11.0 Å². The fourth-order valence-corrected chi connectivity index (χ4v) is 5.75. The lowest BCUT2D eigenvalue weighted by Crippen LogP contribution is -2.16. The van der Waals surface area contributed by atoms with E-state index >= 15 is 0 Å². The van der Waals surface area contributed by atoms with Crippen LogP contribution in [-0.4, -0.2) is 27.8 Å². The summed E-state index contributed by atoms with van der Waals surface area (Å²) in [5.74, 6) is -0.808. The van der Waals surface area contributed by atoms with Crippen molar-refractivity contribution in [3.05, 3.63) is 113 Å². The molecule has 0 radical (unpaired) electrons. The van der Waals surface area contributed by atoms with E-state index in [1.807, 2.05) is 66.7 Å². The molecule has 1 heterocycles. The lowest BCUT2D eigenvalue weighted by molar-refractivity contribution is -0.140. The Morgan fingerprint density at radius 2 is 1.31 bits per heavy atom. The number of aryl methyl sites for hydroxylation is 1. The summed E-state index contributed by atoms with van der Waals surface area (Å²) >= 11 is 0. The van der Waals surface area contributed by atoms with Crippen molar-refractivity contribution in [1.82, 2.24) is 4.57 Å². The lowest BCUT2D eigenvalue weighted by Gasteiger charge is -2.10. The maximum atomic E-state index is 13.5. The molecule has 0 N–H and O–H groups in total. The Morgan fingerprint density at radius 1 is 0.689 bits per heavy atom. The number of ketones is 2. The van der Waals surface area contributed by atoms with Crippen LogP contribution in [0.15, 0.2) is 96.2 Å². The summed E-state index contributed by atoms with van der Waals surface area (Å²) in [4.78, 5) is 43.1. The Bertz CT molecular complexity index is 1850. The molecule has 5 aromatic rings. The Morgan fingerprint density at radius 3 is 2.00 bits per heavy atom. The zero-order valence-electron chi connectivity index (χ0n) is 26.3. The normalized spacial score (nSPS) is 11.7. The third kappa shape index (κ3) is 7.28. The Hall–Kier alpha value is -4.84. The van der Waals surface area contributed by atoms with Crippen LogP contribution in [-0.2, 0) is 16.1 Å². The van der Waals surface area contributed by atoms with Crippen LogP contribution < -0.4 is 0 Å². The predicted octanol–water partition coefficient (Wildman–Crippen LogP) is 9.43. The van der Waals surface area contributed by atoms with Gasteiger partial charge in [-0.1, -0.05) is 87.2 Å². The van der Waals surface area contributed by atoms with Gasteiger partial charge in [-0.2, -0.15) is 0 Å². The molecule has 6 nitrogen and oxygen atoms in total. The van der Waals surface area contributed by atoms with Crippen molar-refractivity contribution >= 4 is 45.1 Å². The van der Waals surface area contributed by atoms with Gasteiger partial charge < -0.3 is 9.40 Å². The first-order chi connectivity index (χ1) is 21.9. The van der Waals surface area contributed by atoms with E-state index in [1.54, 1.807) is 6.07 Å². The van der Waals surface area contributed by atoms with E-state index in [0.717, 1.165) is 59.6 Å².